The topological polar surface area (TPSA) is 97.5 Å². The van der Waals surface area contributed by atoms with Crippen molar-refractivity contribution in [2.24, 2.45) is 4.99 Å². The Morgan fingerprint density at radius 1 is 1.37 bits per heavy atom. The van der Waals surface area contributed by atoms with E-state index in [1.54, 1.807) is 24.3 Å². The van der Waals surface area contributed by atoms with Gasteiger partial charge in [0.2, 0.25) is 5.13 Å². The van der Waals surface area contributed by atoms with Crippen LogP contribution in [0, 0.1) is 10.1 Å². The third kappa shape index (κ3) is 4.55. The van der Waals surface area contributed by atoms with Gasteiger partial charge in [0.05, 0.1) is 9.83 Å². The molecule has 1 aromatic heterocycles. The monoisotopic (exact) mass is 422 g/mol. The van der Waals surface area contributed by atoms with Gasteiger partial charge in [0, 0.05) is 10.4 Å². The Bertz CT molecular complexity index is 992. The number of hydrogen-bond donors (Lipinski definition) is 1. The average molecular weight is 423 g/mol. The standard InChI is InChI=1S/C17H15ClN4O3S2/c1-17(2,3)12-14(22(24)25)27-15(19-12)21-16-20-13(23)11(26-16)8-9-5-4-6-10(18)7-9/h4-8H,1-3H3,(H,19,20,21,23). The van der Waals surface area contributed by atoms with Crippen LogP contribution < -0.4 is 5.32 Å². The van der Waals surface area contributed by atoms with Crippen molar-refractivity contribution in [3.8, 4) is 0 Å². The molecule has 0 bridgehead atoms. The number of thioether (sulfide) groups is 1. The molecule has 0 spiro atoms. The van der Waals surface area contributed by atoms with E-state index >= 15 is 0 Å². The predicted octanol–water partition coefficient (Wildman–Crippen LogP) is 4.89. The fourth-order valence-electron chi connectivity index (χ4n) is 2.28. The molecule has 7 nitrogen and oxygen atoms in total. The zero-order valence-electron chi connectivity index (χ0n) is 14.6. The van der Waals surface area contributed by atoms with Crippen LogP contribution in [0.1, 0.15) is 32.0 Å². The van der Waals surface area contributed by atoms with E-state index in [1.165, 1.54) is 0 Å². The molecular weight excluding hydrogens is 408 g/mol. The highest BCUT2D eigenvalue weighted by atomic mass is 35.5. The van der Waals surface area contributed by atoms with Crippen LogP contribution in [0.4, 0.5) is 10.1 Å². The summed E-state index contributed by atoms with van der Waals surface area (Å²) in [5.74, 6) is -0.291. The first-order valence-corrected chi connectivity index (χ1v) is 9.85. The minimum Gasteiger partial charge on any atom is -0.300 e. The van der Waals surface area contributed by atoms with E-state index in [1.807, 2.05) is 26.8 Å². The van der Waals surface area contributed by atoms with Crippen LogP contribution in [-0.2, 0) is 10.2 Å². The molecule has 3 rings (SSSR count). The van der Waals surface area contributed by atoms with Gasteiger partial charge in [-0.05, 0) is 46.9 Å². The first kappa shape index (κ1) is 19.5. The SMILES string of the molecule is CC(C)(C)c1nc(N=C2NC(=O)C(=Cc3cccc(Cl)c3)S2)sc1[N+](=O)[O-]. The highest BCUT2D eigenvalue weighted by molar-refractivity contribution is 8.18. The number of thiazole rings is 1. The normalized spacial score (nSPS) is 17.6. The van der Waals surface area contributed by atoms with E-state index in [-0.39, 0.29) is 16.0 Å². The third-order valence-electron chi connectivity index (χ3n) is 3.47. The lowest BCUT2D eigenvalue weighted by atomic mass is 9.93. The number of rotatable bonds is 3. The molecule has 0 atom stereocenters. The van der Waals surface area contributed by atoms with Gasteiger partial charge in [-0.25, -0.2) is 4.98 Å². The number of hydrogen-bond acceptors (Lipinski definition) is 7. The van der Waals surface area contributed by atoms with Gasteiger partial charge in [-0.3, -0.25) is 14.9 Å². The first-order chi connectivity index (χ1) is 12.6. The molecule has 0 unspecified atom stereocenters. The maximum Gasteiger partial charge on any atom is 0.349 e. The van der Waals surface area contributed by atoms with Crippen LogP contribution in [0.2, 0.25) is 5.02 Å². The zero-order valence-corrected chi connectivity index (χ0v) is 17.0. The Balaban J connectivity index is 1.89. The lowest BCUT2D eigenvalue weighted by Gasteiger charge is -2.13. The van der Waals surface area contributed by atoms with Crippen LogP contribution in [0.5, 0.6) is 0 Å². The van der Waals surface area contributed by atoms with E-state index in [9.17, 15) is 14.9 Å². The van der Waals surface area contributed by atoms with Crippen LogP contribution in [0.3, 0.4) is 0 Å². The number of carbonyl (C=O) groups is 1. The van der Waals surface area contributed by atoms with E-state index in [0.29, 0.717) is 20.8 Å². The maximum atomic E-state index is 12.2. The first-order valence-electron chi connectivity index (χ1n) is 7.84. The number of nitro groups is 1. The van der Waals surface area contributed by atoms with Crippen molar-refractivity contribution >= 4 is 62.0 Å². The molecule has 0 saturated carbocycles. The lowest BCUT2D eigenvalue weighted by molar-refractivity contribution is -0.381. The molecule has 1 amide bonds. The van der Waals surface area contributed by atoms with Crippen LogP contribution >= 0.6 is 34.7 Å². The average Bonchev–Trinajstić information content (AvgIpc) is 3.12. The summed E-state index contributed by atoms with van der Waals surface area (Å²) in [6.07, 6.45) is 1.71. The summed E-state index contributed by atoms with van der Waals surface area (Å²) in [5, 5.41) is 15.0. The second kappa shape index (κ2) is 7.41. The number of nitrogens with one attached hydrogen (secondary N) is 1. The number of benzene rings is 1. The van der Waals surface area contributed by atoms with Crippen molar-refractivity contribution in [1.82, 2.24) is 10.3 Å². The smallest absolute Gasteiger partial charge is 0.300 e. The van der Waals surface area contributed by atoms with E-state index in [4.69, 9.17) is 11.6 Å². The molecule has 2 heterocycles. The van der Waals surface area contributed by atoms with Crippen molar-refractivity contribution < 1.29 is 9.72 Å². The summed E-state index contributed by atoms with van der Waals surface area (Å²) in [4.78, 5) is 32.0. The number of aliphatic imine (C=N–C) groups is 1. The van der Waals surface area contributed by atoms with Crippen molar-refractivity contribution in [1.29, 1.82) is 0 Å². The second-order valence-corrected chi connectivity index (χ2v) is 9.12. The number of halogens is 1. The van der Waals surface area contributed by atoms with Crippen LogP contribution in [0.15, 0.2) is 34.2 Å². The van der Waals surface area contributed by atoms with Gasteiger partial charge >= 0.3 is 5.00 Å². The number of amidine groups is 1. The molecule has 1 aliphatic rings. The number of amides is 1. The Kier molecular flexibility index (Phi) is 5.36. The number of carbonyl (C=O) groups excluding carboxylic acids is 1. The van der Waals surface area contributed by atoms with E-state index < -0.39 is 10.3 Å². The highest BCUT2D eigenvalue weighted by Crippen LogP contribution is 2.40. The molecule has 10 heteroatoms. The van der Waals surface area contributed by atoms with E-state index in [2.05, 4.69) is 15.3 Å². The largest absolute Gasteiger partial charge is 0.349 e. The Morgan fingerprint density at radius 2 is 2.11 bits per heavy atom. The van der Waals surface area contributed by atoms with Crippen molar-refractivity contribution in [3.63, 3.8) is 0 Å². The van der Waals surface area contributed by atoms with E-state index in [0.717, 1.165) is 28.7 Å². The van der Waals surface area contributed by atoms with Crippen molar-refractivity contribution in [2.45, 2.75) is 26.2 Å². The Morgan fingerprint density at radius 3 is 2.70 bits per heavy atom. The molecule has 0 aliphatic carbocycles. The molecule has 1 aliphatic heterocycles. The highest BCUT2D eigenvalue weighted by Gasteiger charge is 2.31. The molecular formula is C17H15ClN4O3S2. The number of aromatic nitrogens is 1. The zero-order chi connectivity index (χ0) is 19.8. The fourth-order valence-corrected chi connectivity index (χ4v) is 4.33. The van der Waals surface area contributed by atoms with Gasteiger partial charge in [-0.15, -0.1) is 0 Å². The van der Waals surface area contributed by atoms with Gasteiger partial charge in [0.1, 0.15) is 5.69 Å². The molecule has 2 aromatic rings. The minimum atomic E-state index is -0.485. The fraction of sp³-hybridized carbons (Fsp3) is 0.235. The minimum absolute atomic E-state index is 0.0362. The molecule has 1 N–H and O–H groups in total. The quantitative estimate of drug-likeness (QED) is 0.431. The Hall–Kier alpha value is -2.23. The molecule has 1 fully saturated rings. The van der Waals surface area contributed by atoms with Gasteiger partial charge in [0.25, 0.3) is 5.91 Å². The molecule has 27 heavy (non-hydrogen) atoms. The third-order valence-corrected chi connectivity index (χ3v) is 5.51. The predicted molar refractivity (Wildman–Crippen MR) is 110 cm³/mol. The molecule has 1 aromatic carbocycles. The van der Waals surface area contributed by atoms with Gasteiger partial charge in [0.15, 0.2) is 5.17 Å². The molecule has 1 saturated heterocycles. The summed E-state index contributed by atoms with van der Waals surface area (Å²) in [7, 11) is 0. The van der Waals surface area contributed by atoms with Crippen molar-refractivity contribution in [2.75, 3.05) is 0 Å². The van der Waals surface area contributed by atoms with Crippen LogP contribution in [-0.4, -0.2) is 21.0 Å². The Labute approximate surface area is 168 Å². The maximum absolute atomic E-state index is 12.2. The lowest BCUT2D eigenvalue weighted by Crippen LogP contribution is -2.19. The molecule has 140 valence electrons. The van der Waals surface area contributed by atoms with Gasteiger partial charge in [-0.2, -0.15) is 4.99 Å². The van der Waals surface area contributed by atoms with Gasteiger partial charge in [-0.1, -0.05) is 44.5 Å². The second-order valence-electron chi connectivity index (χ2n) is 6.69. The van der Waals surface area contributed by atoms with Gasteiger partial charge < -0.3 is 5.32 Å². The summed E-state index contributed by atoms with van der Waals surface area (Å²) in [6, 6.07) is 7.13. The summed E-state index contributed by atoms with van der Waals surface area (Å²) in [5.41, 5.74) is 0.684. The molecule has 0 radical (unpaired) electrons. The summed E-state index contributed by atoms with van der Waals surface area (Å²) >= 11 is 8.00. The summed E-state index contributed by atoms with van der Waals surface area (Å²) in [6.45, 7) is 5.55. The van der Waals surface area contributed by atoms with Crippen molar-refractivity contribution in [3.05, 3.63) is 55.6 Å². The van der Waals surface area contributed by atoms with Crippen LogP contribution in [0.25, 0.3) is 6.08 Å². The summed E-state index contributed by atoms with van der Waals surface area (Å²) < 4.78 is 0. The number of nitrogens with zero attached hydrogens (tertiary/aromatic N) is 3.